The molecule has 1 aromatic carbocycles. The number of hydrogen-bond acceptors (Lipinski definition) is 5. The van der Waals surface area contributed by atoms with Crippen LogP contribution >= 0.6 is 0 Å². The fourth-order valence-electron chi connectivity index (χ4n) is 2.92. The Kier molecular flexibility index (Phi) is 4.48. The maximum absolute atomic E-state index is 13.0. The van der Waals surface area contributed by atoms with E-state index in [1.165, 1.54) is 16.4 Å². The molecule has 2 aromatic rings. The fourth-order valence-corrected chi connectivity index (χ4v) is 4.17. The Morgan fingerprint density at radius 2 is 1.72 bits per heavy atom. The monoisotopic (exact) mass is 371 g/mol. The number of piperidine rings is 1. The Morgan fingerprint density at radius 3 is 2.24 bits per heavy atom. The van der Waals surface area contributed by atoms with Gasteiger partial charge in [0, 0.05) is 19.2 Å². The van der Waals surface area contributed by atoms with Crippen molar-refractivity contribution in [2.75, 3.05) is 17.8 Å². The van der Waals surface area contributed by atoms with Gasteiger partial charge in [0.05, 0.1) is 0 Å². The molecule has 1 aliphatic heterocycles. The van der Waals surface area contributed by atoms with Gasteiger partial charge >= 0.3 is 10.2 Å². The molecule has 8 nitrogen and oxygen atoms in total. The Morgan fingerprint density at radius 1 is 1.12 bits per heavy atom. The highest BCUT2D eigenvalue weighted by atomic mass is 32.2. The van der Waals surface area contributed by atoms with Crippen LogP contribution in [0.1, 0.15) is 24.3 Å². The number of aromatic nitrogens is 1. The summed E-state index contributed by atoms with van der Waals surface area (Å²) in [6.45, 7) is 0.508. The van der Waals surface area contributed by atoms with E-state index in [4.69, 9.17) is 0 Å². The molecule has 0 atom stereocenters. The van der Waals surface area contributed by atoms with Crippen LogP contribution in [0.4, 0.5) is 10.1 Å². The zero-order valence-corrected chi connectivity index (χ0v) is 13.9. The van der Waals surface area contributed by atoms with E-state index < -0.39 is 22.0 Å². The molecule has 136 valence electrons. The van der Waals surface area contributed by atoms with Crippen LogP contribution in [0, 0.1) is 5.82 Å². The average molecular weight is 371 g/mol. The standard InChI is InChI=1S/C15H18FN3O5S/c16-12-3-1-10(2-4-12)11-5-7-18(8-6-11)25(23,24)17-13-9-14(20)19(22)15(13)21/h1-4,9,11,17,20-22H,5-8H2. The number of nitrogens with zero attached hydrogens (tertiary/aromatic N) is 2. The lowest BCUT2D eigenvalue weighted by atomic mass is 9.90. The van der Waals surface area contributed by atoms with Crippen LogP contribution in [0.15, 0.2) is 30.3 Å². The van der Waals surface area contributed by atoms with Gasteiger partial charge in [0.25, 0.3) is 5.88 Å². The number of anilines is 1. The molecule has 2 heterocycles. The molecule has 0 unspecified atom stereocenters. The summed E-state index contributed by atoms with van der Waals surface area (Å²) in [6.07, 6.45) is 1.15. The Labute approximate surface area is 143 Å². The molecule has 1 saturated heterocycles. The third kappa shape index (κ3) is 3.49. The van der Waals surface area contributed by atoms with Gasteiger partial charge in [0.1, 0.15) is 11.5 Å². The van der Waals surface area contributed by atoms with E-state index in [9.17, 15) is 28.2 Å². The molecule has 1 aromatic heterocycles. The highest BCUT2D eigenvalue weighted by Gasteiger charge is 2.30. The van der Waals surface area contributed by atoms with Crippen LogP contribution in [-0.2, 0) is 10.2 Å². The zero-order chi connectivity index (χ0) is 18.2. The Bertz CT molecular complexity index is 858. The second-order valence-corrected chi connectivity index (χ2v) is 7.55. The molecule has 0 aliphatic carbocycles. The van der Waals surface area contributed by atoms with Crippen molar-refractivity contribution in [2.45, 2.75) is 18.8 Å². The first-order valence-corrected chi connectivity index (χ1v) is 9.08. The van der Waals surface area contributed by atoms with Gasteiger partial charge in [-0.05, 0) is 36.5 Å². The van der Waals surface area contributed by atoms with Crippen LogP contribution < -0.4 is 4.72 Å². The van der Waals surface area contributed by atoms with Crippen molar-refractivity contribution in [1.82, 2.24) is 9.04 Å². The second kappa shape index (κ2) is 6.45. The molecule has 3 rings (SSSR count). The summed E-state index contributed by atoms with van der Waals surface area (Å²) in [5, 5.41) is 28.1. The quantitative estimate of drug-likeness (QED) is 0.612. The predicted molar refractivity (Wildman–Crippen MR) is 87.4 cm³/mol. The van der Waals surface area contributed by atoms with Crippen LogP contribution in [0.3, 0.4) is 0 Å². The predicted octanol–water partition coefficient (Wildman–Crippen LogP) is 1.81. The summed E-state index contributed by atoms with van der Waals surface area (Å²) >= 11 is 0. The van der Waals surface area contributed by atoms with E-state index in [1.807, 2.05) is 0 Å². The molecule has 0 spiro atoms. The fraction of sp³-hybridized carbons (Fsp3) is 0.333. The van der Waals surface area contributed by atoms with E-state index in [2.05, 4.69) is 4.72 Å². The van der Waals surface area contributed by atoms with E-state index >= 15 is 0 Å². The van der Waals surface area contributed by atoms with Crippen molar-refractivity contribution < 1.29 is 28.2 Å². The van der Waals surface area contributed by atoms with E-state index in [-0.39, 0.29) is 35.2 Å². The van der Waals surface area contributed by atoms with Crippen molar-refractivity contribution >= 4 is 15.9 Å². The highest BCUT2D eigenvalue weighted by molar-refractivity contribution is 7.90. The maximum atomic E-state index is 13.0. The first kappa shape index (κ1) is 17.4. The van der Waals surface area contributed by atoms with Crippen LogP contribution in [0.2, 0.25) is 0 Å². The number of hydrogen-bond donors (Lipinski definition) is 4. The summed E-state index contributed by atoms with van der Waals surface area (Å²) in [6, 6.07) is 7.07. The lowest BCUT2D eigenvalue weighted by molar-refractivity contribution is 0.131. The van der Waals surface area contributed by atoms with Crippen molar-refractivity contribution in [1.29, 1.82) is 0 Å². The number of nitrogens with one attached hydrogen (secondary N) is 1. The summed E-state index contributed by atoms with van der Waals surface area (Å²) < 4.78 is 41.2. The largest absolute Gasteiger partial charge is 0.492 e. The second-order valence-electron chi connectivity index (χ2n) is 5.88. The smallest absolute Gasteiger partial charge is 0.301 e. The topological polar surface area (TPSA) is 115 Å². The van der Waals surface area contributed by atoms with E-state index in [0.717, 1.165) is 11.6 Å². The lowest BCUT2D eigenvalue weighted by Gasteiger charge is -2.31. The van der Waals surface area contributed by atoms with E-state index in [1.54, 1.807) is 12.1 Å². The molecule has 0 amide bonds. The van der Waals surface area contributed by atoms with Gasteiger partial charge in [-0.1, -0.05) is 12.1 Å². The van der Waals surface area contributed by atoms with Crippen molar-refractivity contribution in [3.05, 3.63) is 41.7 Å². The van der Waals surface area contributed by atoms with Crippen molar-refractivity contribution in [2.24, 2.45) is 0 Å². The molecule has 1 fully saturated rings. The molecular weight excluding hydrogens is 353 g/mol. The van der Waals surface area contributed by atoms with Gasteiger partial charge in [-0.15, -0.1) is 4.73 Å². The number of halogens is 1. The molecule has 25 heavy (non-hydrogen) atoms. The minimum Gasteiger partial charge on any atom is -0.492 e. The number of rotatable bonds is 4. The lowest BCUT2D eigenvalue weighted by Crippen LogP contribution is -2.41. The summed E-state index contributed by atoms with van der Waals surface area (Å²) in [7, 11) is -3.95. The van der Waals surface area contributed by atoms with Crippen LogP contribution in [-0.4, -0.2) is 46.0 Å². The first-order chi connectivity index (χ1) is 11.8. The van der Waals surface area contributed by atoms with Crippen LogP contribution in [0.25, 0.3) is 0 Å². The molecule has 10 heteroatoms. The number of benzene rings is 1. The average Bonchev–Trinajstić information content (AvgIpc) is 2.82. The summed E-state index contributed by atoms with van der Waals surface area (Å²) in [5.74, 6) is -1.66. The molecule has 0 bridgehead atoms. The third-order valence-electron chi connectivity index (χ3n) is 4.31. The Balaban J connectivity index is 1.67. The first-order valence-electron chi connectivity index (χ1n) is 7.64. The zero-order valence-electron chi connectivity index (χ0n) is 13.1. The van der Waals surface area contributed by atoms with Crippen molar-refractivity contribution in [3.63, 3.8) is 0 Å². The SMILES string of the molecule is O=S(=O)(Nc1cc(O)n(O)c1O)N1CCC(c2ccc(F)cc2)CC1. The number of aromatic hydroxyl groups is 2. The summed E-state index contributed by atoms with van der Waals surface area (Å²) in [4.78, 5) is 0. The highest BCUT2D eigenvalue weighted by Crippen LogP contribution is 2.33. The maximum Gasteiger partial charge on any atom is 0.301 e. The normalized spacial score (nSPS) is 16.8. The van der Waals surface area contributed by atoms with Crippen molar-refractivity contribution in [3.8, 4) is 11.8 Å². The van der Waals surface area contributed by atoms with Gasteiger partial charge < -0.3 is 15.4 Å². The molecular formula is C15H18FN3O5S. The molecule has 0 radical (unpaired) electrons. The summed E-state index contributed by atoms with van der Waals surface area (Å²) in [5.41, 5.74) is 0.645. The Hall–Kier alpha value is -2.46. The minimum atomic E-state index is -3.95. The van der Waals surface area contributed by atoms with Gasteiger partial charge in [-0.3, -0.25) is 4.72 Å². The van der Waals surface area contributed by atoms with Gasteiger partial charge in [0.2, 0.25) is 5.88 Å². The molecule has 1 aliphatic rings. The minimum absolute atomic E-state index is 0.0681. The van der Waals surface area contributed by atoms with Gasteiger partial charge in [-0.25, -0.2) is 4.39 Å². The van der Waals surface area contributed by atoms with Gasteiger partial charge in [-0.2, -0.15) is 12.7 Å². The molecule has 4 N–H and O–H groups in total. The third-order valence-corrected chi connectivity index (χ3v) is 5.83. The van der Waals surface area contributed by atoms with Gasteiger partial charge in [0.15, 0.2) is 0 Å². The molecule has 0 saturated carbocycles. The van der Waals surface area contributed by atoms with E-state index in [0.29, 0.717) is 12.8 Å². The van der Waals surface area contributed by atoms with Crippen LogP contribution in [0.5, 0.6) is 11.8 Å².